The quantitative estimate of drug-likeness (QED) is 0.204. The first-order valence-electron chi connectivity index (χ1n) is 14.1. The van der Waals surface area contributed by atoms with Crippen LogP contribution < -0.4 is 31.5 Å². The molecule has 1 unspecified atom stereocenters. The summed E-state index contributed by atoms with van der Waals surface area (Å²) in [6, 6.07) is 58.1. The minimum absolute atomic E-state index is 0.876. The Morgan fingerprint density at radius 1 is 0.415 bits per heavy atom. The molecule has 1 nitrogen and oxygen atoms in total. The summed E-state index contributed by atoms with van der Waals surface area (Å²) in [4.78, 5) is 0. The normalized spacial score (nSPS) is 18.0. The van der Waals surface area contributed by atoms with Gasteiger partial charge in [0.25, 0.3) is 0 Å². The number of rotatable bonds is 3. The highest BCUT2D eigenvalue weighted by molar-refractivity contribution is 7.85. The largest absolute Gasteiger partial charge is 0.309 e. The van der Waals surface area contributed by atoms with Crippen molar-refractivity contribution in [3.63, 3.8) is 0 Å². The molecule has 1 atom stereocenters. The van der Waals surface area contributed by atoms with Crippen molar-refractivity contribution >= 4 is 57.5 Å². The zero-order valence-electron chi connectivity index (χ0n) is 22.4. The molecule has 0 aliphatic carbocycles. The standard InChI is InChI=1S/C38H27OPSi/c39-40(28-16-4-1-5-17-28)34-25-13-10-22-31(34)37-33-24-12-15-27-36(33)41(29-18-6-2-7-19-29,30-20-8-3-9-21-30)38(37)32-23-11-14-26-35(32)40/h1-27H. The van der Waals surface area contributed by atoms with E-state index in [4.69, 9.17) is 0 Å². The summed E-state index contributed by atoms with van der Waals surface area (Å²) in [6.45, 7) is 0. The van der Waals surface area contributed by atoms with Crippen LogP contribution in [0.2, 0.25) is 0 Å². The van der Waals surface area contributed by atoms with Gasteiger partial charge in [0.05, 0.1) is 0 Å². The van der Waals surface area contributed by atoms with Gasteiger partial charge in [0.2, 0.25) is 0 Å². The summed E-state index contributed by atoms with van der Waals surface area (Å²) in [5, 5.41) is 8.14. The second-order valence-electron chi connectivity index (χ2n) is 10.8. The summed E-state index contributed by atoms with van der Waals surface area (Å²) in [5.41, 5.74) is 4.68. The molecule has 0 aromatic heterocycles. The summed E-state index contributed by atoms with van der Waals surface area (Å²) >= 11 is 0. The highest BCUT2D eigenvalue weighted by Gasteiger charge is 2.54. The van der Waals surface area contributed by atoms with E-state index in [-0.39, 0.29) is 0 Å². The van der Waals surface area contributed by atoms with E-state index in [1.165, 1.54) is 31.9 Å². The zero-order valence-corrected chi connectivity index (χ0v) is 24.3. The lowest BCUT2D eigenvalue weighted by molar-refractivity contribution is 0.592. The molecule has 6 aromatic rings. The molecule has 0 amide bonds. The number of benzene rings is 6. The third-order valence-electron chi connectivity index (χ3n) is 8.78. The molecule has 0 fully saturated rings. The Labute approximate surface area is 241 Å². The van der Waals surface area contributed by atoms with Gasteiger partial charge < -0.3 is 4.57 Å². The van der Waals surface area contributed by atoms with Crippen LogP contribution in [0.4, 0.5) is 0 Å². The van der Waals surface area contributed by atoms with Crippen molar-refractivity contribution in [2.75, 3.05) is 0 Å². The molecule has 0 spiro atoms. The molecular formula is C38H27OPSi. The van der Waals surface area contributed by atoms with E-state index >= 15 is 4.57 Å². The molecule has 6 aromatic carbocycles. The molecular weight excluding hydrogens is 531 g/mol. The Bertz CT molecular complexity index is 1970. The Kier molecular flexibility index (Phi) is 5.50. The van der Waals surface area contributed by atoms with Gasteiger partial charge in [0, 0.05) is 15.9 Å². The van der Waals surface area contributed by atoms with Gasteiger partial charge >= 0.3 is 0 Å². The van der Waals surface area contributed by atoms with E-state index < -0.39 is 15.2 Å². The summed E-state index contributed by atoms with van der Waals surface area (Å²) < 4.78 is 15.9. The molecule has 0 saturated heterocycles. The summed E-state index contributed by atoms with van der Waals surface area (Å²) in [7, 11) is -6.04. The third kappa shape index (κ3) is 3.26. The number of fused-ring (bicyclic) bond motifs is 6. The Hall–Kier alpha value is -4.49. The second-order valence-corrected chi connectivity index (χ2v) is 17.1. The molecule has 0 bridgehead atoms. The molecule has 3 heteroatoms. The Balaban J connectivity index is 1.63. The van der Waals surface area contributed by atoms with Gasteiger partial charge in [-0.25, -0.2) is 0 Å². The maximum Gasteiger partial charge on any atom is 0.181 e. The van der Waals surface area contributed by atoms with Gasteiger partial charge in [0.1, 0.15) is 0 Å². The molecule has 0 N–H and O–H groups in total. The molecule has 41 heavy (non-hydrogen) atoms. The van der Waals surface area contributed by atoms with Crippen molar-refractivity contribution < 1.29 is 4.57 Å². The molecule has 8 rings (SSSR count). The molecule has 0 radical (unpaired) electrons. The lowest BCUT2D eigenvalue weighted by atomic mass is 9.96. The first-order chi connectivity index (χ1) is 20.3. The van der Waals surface area contributed by atoms with E-state index in [9.17, 15) is 0 Å². The fraction of sp³-hybridized carbons (Fsp3) is 0. The van der Waals surface area contributed by atoms with Gasteiger partial charge in [-0.3, -0.25) is 0 Å². The third-order valence-corrected chi connectivity index (χ3v) is 16.9. The minimum atomic E-state index is -3.21. The van der Waals surface area contributed by atoms with Crippen LogP contribution in [0.25, 0.3) is 10.8 Å². The Morgan fingerprint density at radius 3 is 1.46 bits per heavy atom. The first kappa shape index (κ1) is 24.3. The zero-order chi connectivity index (χ0) is 27.4. The monoisotopic (exact) mass is 558 g/mol. The van der Waals surface area contributed by atoms with Gasteiger partial charge in [-0.05, 0) is 43.0 Å². The topological polar surface area (TPSA) is 17.1 Å². The first-order valence-corrected chi connectivity index (χ1v) is 17.8. The van der Waals surface area contributed by atoms with E-state index in [1.54, 1.807) is 0 Å². The van der Waals surface area contributed by atoms with Gasteiger partial charge in [0.15, 0.2) is 15.2 Å². The minimum Gasteiger partial charge on any atom is -0.309 e. The van der Waals surface area contributed by atoms with Crippen molar-refractivity contribution in [2.24, 2.45) is 0 Å². The van der Waals surface area contributed by atoms with Crippen LogP contribution in [0.15, 0.2) is 164 Å². The van der Waals surface area contributed by atoms with E-state index in [2.05, 4.69) is 127 Å². The molecule has 2 aliphatic heterocycles. The van der Waals surface area contributed by atoms with Crippen LogP contribution in [0.3, 0.4) is 0 Å². The Morgan fingerprint density at radius 2 is 0.854 bits per heavy atom. The van der Waals surface area contributed by atoms with Crippen LogP contribution in [-0.2, 0) is 4.57 Å². The maximum absolute atomic E-state index is 15.9. The average Bonchev–Trinajstić information content (AvgIpc) is 3.32. The predicted octanol–water partition coefficient (Wildman–Crippen LogP) is 5.62. The summed E-state index contributed by atoms with van der Waals surface area (Å²) in [6.07, 6.45) is 0. The molecule has 0 saturated carbocycles. The van der Waals surface area contributed by atoms with Crippen LogP contribution in [0.1, 0.15) is 16.7 Å². The van der Waals surface area contributed by atoms with Crippen molar-refractivity contribution in [1.29, 1.82) is 0 Å². The van der Waals surface area contributed by atoms with Crippen LogP contribution in [0.5, 0.6) is 0 Å². The molecule has 194 valence electrons. The fourth-order valence-electron chi connectivity index (χ4n) is 7.21. The SMILES string of the molecule is O=P1(c2ccccc2)c2ccccc2C2=C(c3ccccc31)[Si](c1ccccc1)(c1ccccc1)c1ccccc12. The molecule has 2 aliphatic rings. The number of hydrogen-bond donors (Lipinski definition) is 0. The number of hydrogen-bond acceptors (Lipinski definition) is 1. The average molecular weight is 559 g/mol. The lowest BCUT2D eigenvalue weighted by Crippen LogP contribution is -2.67. The van der Waals surface area contributed by atoms with E-state index in [1.807, 2.05) is 36.4 Å². The highest BCUT2D eigenvalue weighted by Crippen LogP contribution is 2.53. The van der Waals surface area contributed by atoms with Crippen molar-refractivity contribution in [3.05, 3.63) is 180 Å². The van der Waals surface area contributed by atoms with Gasteiger partial charge in [-0.1, -0.05) is 164 Å². The van der Waals surface area contributed by atoms with Crippen molar-refractivity contribution in [2.45, 2.75) is 0 Å². The van der Waals surface area contributed by atoms with Gasteiger partial charge in [-0.15, -0.1) is 0 Å². The van der Waals surface area contributed by atoms with Crippen molar-refractivity contribution in [3.8, 4) is 0 Å². The fourth-order valence-corrected chi connectivity index (χ4v) is 15.8. The lowest BCUT2D eigenvalue weighted by Gasteiger charge is -2.34. The smallest absolute Gasteiger partial charge is 0.181 e. The van der Waals surface area contributed by atoms with Crippen LogP contribution >= 0.6 is 7.14 Å². The summed E-state index contributed by atoms with van der Waals surface area (Å²) in [5.74, 6) is 0. The van der Waals surface area contributed by atoms with E-state index in [0.29, 0.717) is 0 Å². The second kappa shape index (κ2) is 9.28. The highest BCUT2D eigenvalue weighted by atomic mass is 31.2. The van der Waals surface area contributed by atoms with Crippen LogP contribution in [0, 0.1) is 0 Å². The predicted molar refractivity (Wildman–Crippen MR) is 176 cm³/mol. The van der Waals surface area contributed by atoms with Gasteiger partial charge in [-0.2, -0.15) is 0 Å². The maximum atomic E-state index is 15.9. The van der Waals surface area contributed by atoms with E-state index in [0.717, 1.165) is 27.0 Å². The molecule has 2 heterocycles. The van der Waals surface area contributed by atoms with Crippen molar-refractivity contribution in [1.82, 2.24) is 0 Å². The van der Waals surface area contributed by atoms with Crippen LogP contribution in [-0.4, -0.2) is 8.07 Å².